The number of nitrogens with zero attached hydrogens (tertiary/aromatic N) is 3. The van der Waals surface area contributed by atoms with Gasteiger partial charge < -0.3 is 5.32 Å². The first-order chi connectivity index (χ1) is 8.67. The second-order valence-corrected chi connectivity index (χ2v) is 4.67. The average Bonchev–Trinajstić information content (AvgIpc) is 2.72. The minimum atomic E-state index is -0.0749. The third kappa shape index (κ3) is 2.31. The van der Waals surface area contributed by atoms with Crippen molar-refractivity contribution in [3.8, 4) is 0 Å². The van der Waals surface area contributed by atoms with Gasteiger partial charge in [0, 0.05) is 12.2 Å². The zero-order valence-electron chi connectivity index (χ0n) is 11.1. The summed E-state index contributed by atoms with van der Waals surface area (Å²) in [4.78, 5) is 12.1. The summed E-state index contributed by atoms with van der Waals surface area (Å²) in [6, 6.07) is 5.83. The minimum absolute atomic E-state index is 0.0749. The van der Waals surface area contributed by atoms with Crippen LogP contribution in [0.3, 0.4) is 0 Å². The van der Waals surface area contributed by atoms with E-state index in [0.717, 1.165) is 6.42 Å². The van der Waals surface area contributed by atoms with Crippen LogP contribution in [0.1, 0.15) is 20.3 Å². The van der Waals surface area contributed by atoms with Crippen molar-refractivity contribution < 1.29 is 0 Å². The molecule has 0 aromatic carbocycles. The van der Waals surface area contributed by atoms with Crippen LogP contribution in [0.15, 0.2) is 29.2 Å². The van der Waals surface area contributed by atoms with E-state index in [9.17, 15) is 4.79 Å². The highest BCUT2D eigenvalue weighted by atomic mass is 16.2. The molecule has 0 amide bonds. The summed E-state index contributed by atoms with van der Waals surface area (Å²) in [6.07, 6.45) is 2.83. The Morgan fingerprint density at radius 3 is 2.83 bits per heavy atom. The van der Waals surface area contributed by atoms with Crippen molar-refractivity contribution in [3.63, 3.8) is 0 Å². The van der Waals surface area contributed by atoms with E-state index in [1.807, 2.05) is 25.2 Å². The van der Waals surface area contributed by atoms with Crippen LogP contribution in [0.5, 0.6) is 0 Å². The number of aromatic nitrogens is 3. The summed E-state index contributed by atoms with van der Waals surface area (Å²) < 4.78 is 3.12. The van der Waals surface area contributed by atoms with E-state index in [1.54, 1.807) is 15.3 Å². The Bertz CT molecular complexity index is 572. The maximum Gasteiger partial charge on any atom is 0.350 e. The predicted molar refractivity (Wildman–Crippen MR) is 71.8 cm³/mol. The number of nitrogens with one attached hydrogen (secondary N) is 1. The lowest BCUT2D eigenvalue weighted by Crippen LogP contribution is -2.39. The van der Waals surface area contributed by atoms with Gasteiger partial charge in [0.05, 0.1) is 6.54 Å². The first kappa shape index (κ1) is 12.8. The molecule has 0 aliphatic rings. The lowest BCUT2D eigenvalue weighted by Gasteiger charge is -2.21. The molecule has 2 heterocycles. The molecule has 0 saturated heterocycles. The zero-order valence-corrected chi connectivity index (χ0v) is 11.1. The van der Waals surface area contributed by atoms with E-state index in [1.165, 1.54) is 0 Å². The number of pyridine rings is 1. The van der Waals surface area contributed by atoms with E-state index < -0.39 is 0 Å². The topological polar surface area (TPSA) is 51.3 Å². The molecule has 98 valence electrons. The molecule has 0 aliphatic heterocycles. The summed E-state index contributed by atoms with van der Waals surface area (Å²) in [6.45, 7) is 4.94. The van der Waals surface area contributed by atoms with Crippen LogP contribution in [-0.4, -0.2) is 27.3 Å². The highest BCUT2D eigenvalue weighted by molar-refractivity contribution is 5.35. The van der Waals surface area contributed by atoms with Crippen molar-refractivity contribution in [2.45, 2.75) is 32.9 Å². The Morgan fingerprint density at radius 1 is 1.44 bits per heavy atom. The predicted octanol–water partition coefficient (Wildman–Crippen LogP) is 1.13. The second kappa shape index (κ2) is 5.35. The fraction of sp³-hybridized carbons (Fsp3) is 0.538. The molecule has 2 aromatic heterocycles. The number of rotatable bonds is 5. The van der Waals surface area contributed by atoms with Crippen LogP contribution in [0.25, 0.3) is 5.65 Å². The Hall–Kier alpha value is -1.62. The van der Waals surface area contributed by atoms with Crippen molar-refractivity contribution in [2.24, 2.45) is 5.92 Å². The lowest BCUT2D eigenvalue weighted by atomic mass is 9.99. The quantitative estimate of drug-likeness (QED) is 0.863. The maximum atomic E-state index is 12.1. The SMILES string of the molecule is CCC(C)C(Cn1nc2ccccn2c1=O)NC. The van der Waals surface area contributed by atoms with Gasteiger partial charge in [0.15, 0.2) is 5.65 Å². The molecule has 0 bridgehead atoms. The molecular weight excluding hydrogens is 228 g/mol. The summed E-state index contributed by atoms with van der Waals surface area (Å²) >= 11 is 0. The van der Waals surface area contributed by atoms with Gasteiger partial charge in [-0.05, 0) is 25.1 Å². The van der Waals surface area contributed by atoms with Gasteiger partial charge in [-0.15, -0.1) is 5.10 Å². The van der Waals surface area contributed by atoms with E-state index in [2.05, 4.69) is 24.3 Å². The Morgan fingerprint density at radius 2 is 2.22 bits per heavy atom. The van der Waals surface area contributed by atoms with Gasteiger partial charge >= 0.3 is 5.69 Å². The number of hydrogen-bond acceptors (Lipinski definition) is 3. The molecule has 0 radical (unpaired) electrons. The summed E-state index contributed by atoms with van der Waals surface area (Å²) in [5, 5.41) is 7.61. The average molecular weight is 248 g/mol. The van der Waals surface area contributed by atoms with Crippen molar-refractivity contribution in [3.05, 3.63) is 34.9 Å². The molecule has 0 fully saturated rings. The Balaban J connectivity index is 2.31. The van der Waals surface area contributed by atoms with Crippen molar-refractivity contribution >= 4 is 5.65 Å². The van der Waals surface area contributed by atoms with E-state index in [4.69, 9.17) is 0 Å². The Labute approximate surface area is 106 Å². The molecule has 2 atom stereocenters. The maximum absolute atomic E-state index is 12.1. The van der Waals surface area contributed by atoms with Gasteiger partial charge in [0.2, 0.25) is 0 Å². The standard InChI is InChI=1S/C13H20N4O/c1-4-10(2)11(14-3)9-17-13(18)16-8-6-5-7-12(16)15-17/h5-8,10-11,14H,4,9H2,1-3H3. The molecule has 0 spiro atoms. The fourth-order valence-electron chi connectivity index (χ4n) is 2.11. The molecule has 0 aliphatic carbocycles. The number of fused-ring (bicyclic) bond motifs is 1. The van der Waals surface area contributed by atoms with Gasteiger partial charge in [-0.2, -0.15) is 0 Å². The molecule has 1 N–H and O–H groups in total. The van der Waals surface area contributed by atoms with Crippen molar-refractivity contribution in [1.29, 1.82) is 0 Å². The minimum Gasteiger partial charge on any atom is -0.315 e. The Kier molecular flexibility index (Phi) is 3.81. The third-order valence-corrected chi connectivity index (χ3v) is 3.56. The van der Waals surface area contributed by atoms with Crippen LogP contribution in [-0.2, 0) is 6.54 Å². The first-order valence-electron chi connectivity index (χ1n) is 6.38. The van der Waals surface area contributed by atoms with Crippen LogP contribution < -0.4 is 11.0 Å². The number of likely N-dealkylation sites (N-methyl/N-ethyl adjacent to an activating group) is 1. The van der Waals surface area contributed by atoms with Gasteiger partial charge in [-0.1, -0.05) is 26.3 Å². The molecule has 0 saturated carbocycles. The smallest absolute Gasteiger partial charge is 0.315 e. The van der Waals surface area contributed by atoms with Gasteiger partial charge in [0.1, 0.15) is 0 Å². The van der Waals surface area contributed by atoms with E-state index >= 15 is 0 Å². The monoisotopic (exact) mass is 248 g/mol. The number of hydrogen-bond donors (Lipinski definition) is 1. The largest absolute Gasteiger partial charge is 0.350 e. The van der Waals surface area contributed by atoms with Gasteiger partial charge in [0.25, 0.3) is 0 Å². The summed E-state index contributed by atoms with van der Waals surface area (Å²) in [5.41, 5.74) is 0.621. The van der Waals surface area contributed by atoms with Crippen LogP contribution in [0.2, 0.25) is 0 Å². The normalized spacial score (nSPS) is 14.8. The highest BCUT2D eigenvalue weighted by Gasteiger charge is 2.16. The zero-order chi connectivity index (χ0) is 13.1. The van der Waals surface area contributed by atoms with Gasteiger partial charge in [-0.3, -0.25) is 4.40 Å². The molecule has 2 unspecified atom stereocenters. The molecule has 5 nitrogen and oxygen atoms in total. The molecule has 5 heteroatoms. The summed E-state index contributed by atoms with van der Waals surface area (Å²) in [5.74, 6) is 0.506. The van der Waals surface area contributed by atoms with Crippen LogP contribution in [0.4, 0.5) is 0 Å². The third-order valence-electron chi connectivity index (χ3n) is 3.56. The van der Waals surface area contributed by atoms with E-state index in [0.29, 0.717) is 18.1 Å². The first-order valence-corrected chi connectivity index (χ1v) is 6.38. The summed E-state index contributed by atoms with van der Waals surface area (Å²) in [7, 11) is 1.93. The van der Waals surface area contributed by atoms with Crippen molar-refractivity contribution in [2.75, 3.05) is 7.05 Å². The highest BCUT2D eigenvalue weighted by Crippen LogP contribution is 2.08. The molecule has 2 rings (SSSR count). The molecular formula is C13H20N4O. The second-order valence-electron chi connectivity index (χ2n) is 4.67. The molecule has 2 aromatic rings. The fourth-order valence-corrected chi connectivity index (χ4v) is 2.11. The van der Waals surface area contributed by atoms with Gasteiger partial charge in [-0.25, -0.2) is 9.48 Å². The molecule has 18 heavy (non-hydrogen) atoms. The van der Waals surface area contributed by atoms with Crippen LogP contribution >= 0.6 is 0 Å². The van der Waals surface area contributed by atoms with Crippen molar-refractivity contribution in [1.82, 2.24) is 19.5 Å². The lowest BCUT2D eigenvalue weighted by molar-refractivity contribution is 0.332. The van der Waals surface area contributed by atoms with E-state index in [-0.39, 0.29) is 11.7 Å². The van der Waals surface area contributed by atoms with Crippen LogP contribution in [0, 0.1) is 5.92 Å².